The third-order valence-corrected chi connectivity index (χ3v) is 2.89. The Morgan fingerprint density at radius 3 is 2.79 bits per heavy atom. The Balaban J connectivity index is 1.81. The number of hydrogen-bond acceptors (Lipinski definition) is 5. The van der Waals surface area contributed by atoms with Gasteiger partial charge in [-0.1, -0.05) is 0 Å². The van der Waals surface area contributed by atoms with E-state index < -0.39 is 12.1 Å². The standard InChI is InChI=1S/C12H15N3O4/c1-7-4-14-9(6-13-7)11(16)15-5-8-2-3-10(19-8)12(17)18/h4,6,8,10H,2-3,5H2,1H3,(H,15,16)(H,17,18). The summed E-state index contributed by atoms with van der Waals surface area (Å²) in [5.41, 5.74) is 0.971. The molecular weight excluding hydrogens is 250 g/mol. The van der Waals surface area contributed by atoms with Gasteiger partial charge in [-0.2, -0.15) is 0 Å². The van der Waals surface area contributed by atoms with Gasteiger partial charge in [-0.05, 0) is 19.8 Å². The summed E-state index contributed by atoms with van der Waals surface area (Å²) in [4.78, 5) is 30.4. The molecule has 102 valence electrons. The minimum Gasteiger partial charge on any atom is -0.479 e. The number of hydrogen-bond donors (Lipinski definition) is 2. The van der Waals surface area contributed by atoms with Crippen molar-refractivity contribution in [2.45, 2.75) is 32.0 Å². The fourth-order valence-electron chi connectivity index (χ4n) is 1.84. The van der Waals surface area contributed by atoms with Crippen molar-refractivity contribution in [3.63, 3.8) is 0 Å². The number of carboxylic acids is 1. The van der Waals surface area contributed by atoms with Gasteiger partial charge in [0, 0.05) is 12.7 Å². The van der Waals surface area contributed by atoms with Crippen LogP contribution in [0.1, 0.15) is 29.0 Å². The van der Waals surface area contributed by atoms with Crippen LogP contribution in [0, 0.1) is 6.92 Å². The monoisotopic (exact) mass is 265 g/mol. The molecule has 1 aromatic heterocycles. The van der Waals surface area contributed by atoms with Crippen molar-refractivity contribution in [2.24, 2.45) is 0 Å². The van der Waals surface area contributed by atoms with E-state index in [0.717, 1.165) is 5.69 Å². The predicted molar refractivity (Wildman–Crippen MR) is 64.6 cm³/mol. The average molecular weight is 265 g/mol. The van der Waals surface area contributed by atoms with Crippen LogP contribution in [0.4, 0.5) is 0 Å². The fraction of sp³-hybridized carbons (Fsp3) is 0.500. The first-order valence-corrected chi connectivity index (χ1v) is 6.01. The van der Waals surface area contributed by atoms with Crippen molar-refractivity contribution in [3.05, 3.63) is 23.8 Å². The Morgan fingerprint density at radius 1 is 1.42 bits per heavy atom. The first kappa shape index (κ1) is 13.4. The van der Waals surface area contributed by atoms with Gasteiger partial charge in [0.25, 0.3) is 5.91 Å². The molecule has 0 radical (unpaired) electrons. The van der Waals surface area contributed by atoms with Gasteiger partial charge in [0.15, 0.2) is 6.10 Å². The van der Waals surface area contributed by atoms with Crippen LogP contribution < -0.4 is 5.32 Å². The molecule has 0 aromatic carbocycles. The summed E-state index contributed by atoms with van der Waals surface area (Å²) >= 11 is 0. The lowest BCUT2D eigenvalue weighted by Crippen LogP contribution is -2.33. The summed E-state index contributed by atoms with van der Waals surface area (Å²) in [7, 11) is 0. The zero-order chi connectivity index (χ0) is 13.8. The van der Waals surface area contributed by atoms with Crippen LogP contribution in [-0.4, -0.2) is 45.7 Å². The maximum atomic E-state index is 11.7. The third-order valence-electron chi connectivity index (χ3n) is 2.89. The molecule has 0 aliphatic carbocycles. The number of nitrogens with zero attached hydrogens (tertiary/aromatic N) is 2. The maximum Gasteiger partial charge on any atom is 0.332 e. The highest BCUT2D eigenvalue weighted by Crippen LogP contribution is 2.19. The molecule has 0 spiro atoms. The van der Waals surface area contributed by atoms with E-state index >= 15 is 0 Å². The molecule has 1 aliphatic rings. The maximum absolute atomic E-state index is 11.7. The molecule has 7 nitrogen and oxygen atoms in total. The Morgan fingerprint density at radius 2 is 2.21 bits per heavy atom. The molecule has 0 bridgehead atoms. The number of aromatic nitrogens is 2. The summed E-state index contributed by atoms with van der Waals surface area (Å²) in [6.45, 7) is 2.06. The van der Waals surface area contributed by atoms with E-state index in [2.05, 4.69) is 15.3 Å². The number of amides is 1. The van der Waals surface area contributed by atoms with E-state index in [1.54, 1.807) is 6.92 Å². The Bertz CT molecular complexity index is 474. The fourth-order valence-corrected chi connectivity index (χ4v) is 1.84. The SMILES string of the molecule is Cc1cnc(C(=O)NCC2CCC(C(=O)O)O2)cn1. The molecule has 0 saturated carbocycles. The minimum atomic E-state index is -0.960. The van der Waals surface area contributed by atoms with E-state index in [4.69, 9.17) is 9.84 Å². The van der Waals surface area contributed by atoms with Crippen molar-refractivity contribution in [1.29, 1.82) is 0 Å². The average Bonchev–Trinajstić information content (AvgIpc) is 2.86. The van der Waals surface area contributed by atoms with Crippen molar-refractivity contribution < 1.29 is 19.4 Å². The number of carbonyl (C=O) groups excluding carboxylic acids is 1. The summed E-state index contributed by atoms with van der Waals surface area (Å²) < 4.78 is 5.28. The van der Waals surface area contributed by atoms with Crippen LogP contribution in [-0.2, 0) is 9.53 Å². The zero-order valence-electron chi connectivity index (χ0n) is 10.5. The minimum absolute atomic E-state index is 0.235. The molecule has 1 saturated heterocycles. The second kappa shape index (κ2) is 5.75. The summed E-state index contributed by atoms with van der Waals surface area (Å²) in [5, 5.41) is 11.4. The molecule has 2 heterocycles. The number of carboxylic acid groups (broad SMARTS) is 1. The lowest BCUT2D eigenvalue weighted by atomic mass is 10.2. The summed E-state index contributed by atoms with van der Waals surface area (Å²) in [5.74, 6) is -1.30. The highest BCUT2D eigenvalue weighted by Gasteiger charge is 2.30. The largest absolute Gasteiger partial charge is 0.479 e. The van der Waals surface area contributed by atoms with E-state index in [1.165, 1.54) is 12.4 Å². The molecule has 2 unspecified atom stereocenters. The van der Waals surface area contributed by atoms with Gasteiger partial charge in [0.1, 0.15) is 5.69 Å². The second-order valence-electron chi connectivity index (χ2n) is 4.42. The molecule has 7 heteroatoms. The molecule has 2 rings (SSSR count). The van der Waals surface area contributed by atoms with Crippen LogP contribution >= 0.6 is 0 Å². The molecule has 19 heavy (non-hydrogen) atoms. The Hall–Kier alpha value is -2.02. The van der Waals surface area contributed by atoms with Crippen LogP contribution in [0.25, 0.3) is 0 Å². The van der Waals surface area contributed by atoms with Gasteiger partial charge in [-0.3, -0.25) is 9.78 Å². The molecular formula is C12H15N3O4. The van der Waals surface area contributed by atoms with Gasteiger partial charge in [0.05, 0.1) is 18.0 Å². The van der Waals surface area contributed by atoms with Crippen molar-refractivity contribution in [3.8, 4) is 0 Å². The first-order chi connectivity index (χ1) is 9.06. The lowest BCUT2D eigenvalue weighted by Gasteiger charge is -2.11. The first-order valence-electron chi connectivity index (χ1n) is 6.01. The topological polar surface area (TPSA) is 101 Å². The van der Waals surface area contributed by atoms with E-state index in [1.807, 2.05) is 0 Å². The molecule has 1 fully saturated rings. The summed E-state index contributed by atoms with van der Waals surface area (Å²) in [6.07, 6.45) is 2.99. The lowest BCUT2D eigenvalue weighted by molar-refractivity contribution is -0.149. The van der Waals surface area contributed by atoms with Gasteiger partial charge < -0.3 is 15.2 Å². The smallest absolute Gasteiger partial charge is 0.332 e. The molecule has 2 N–H and O–H groups in total. The predicted octanol–water partition coefficient (Wildman–Crippen LogP) is 0.147. The molecule has 1 aliphatic heterocycles. The van der Waals surface area contributed by atoms with Gasteiger partial charge in [-0.15, -0.1) is 0 Å². The van der Waals surface area contributed by atoms with Gasteiger partial charge >= 0.3 is 5.97 Å². The third kappa shape index (κ3) is 3.47. The zero-order valence-corrected chi connectivity index (χ0v) is 10.5. The number of carbonyl (C=O) groups is 2. The molecule has 1 amide bonds. The van der Waals surface area contributed by atoms with Crippen molar-refractivity contribution >= 4 is 11.9 Å². The molecule has 1 aromatic rings. The van der Waals surface area contributed by atoms with Crippen molar-refractivity contribution in [1.82, 2.24) is 15.3 Å². The number of aryl methyl sites for hydroxylation is 1. The second-order valence-corrected chi connectivity index (χ2v) is 4.42. The quantitative estimate of drug-likeness (QED) is 0.803. The van der Waals surface area contributed by atoms with Gasteiger partial charge in [0.2, 0.25) is 0 Å². The van der Waals surface area contributed by atoms with E-state index in [0.29, 0.717) is 12.8 Å². The van der Waals surface area contributed by atoms with Crippen molar-refractivity contribution in [2.75, 3.05) is 6.54 Å². The number of rotatable bonds is 4. The van der Waals surface area contributed by atoms with Crippen LogP contribution in [0.15, 0.2) is 12.4 Å². The summed E-state index contributed by atoms with van der Waals surface area (Å²) in [6, 6.07) is 0. The molecule has 2 atom stereocenters. The Kier molecular flexibility index (Phi) is 4.06. The van der Waals surface area contributed by atoms with Crippen LogP contribution in [0.2, 0.25) is 0 Å². The normalized spacial score (nSPS) is 22.2. The number of aliphatic carboxylic acids is 1. The number of nitrogens with one attached hydrogen (secondary N) is 1. The van der Waals surface area contributed by atoms with E-state index in [-0.39, 0.29) is 24.2 Å². The van der Waals surface area contributed by atoms with Crippen LogP contribution in [0.5, 0.6) is 0 Å². The number of ether oxygens (including phenoxy) is 1. The van der Waals surface area contributed by atoms with Crippen LogP contribution in [0.3, 0.4) is 0 Å². The Labute approximate surface area is 110 Å². The highest BCUT2D eigenvalue weighted by molar-refractivity contribution is 5.91. The van der Waals surface area contributed by atoms with E-state index in [9.17, 15) is 9.59 Å². The highest BCUT2D eigenvalue weighted by atomic mass is 16.5. The van der Waals surface area contributed by atoms with Gasteiger partial charge in [-0.25, -0.2) is 9.78 Å².